The molecule has 0 fully saturated rings. The molecular formula is C22H30N2O3S. The van der Waals surface area contributed by atoms with Gasteiger partial charge in [0.1, 0.15) is 6.54 Å². The Balaban J connectivity index is 2.42. The summed E-state index contributed by atoms with van der Waals surface area (Å²) in [5.41, 5.74) is 3.50. The van der Waals surface area contributed by atoms with Crippen LogP contribution in [-0.2, 0) is 14.8 Å². The molecule has 0 bridgehead atoms. The van der Waals surface area contributed by atoms with Crippen molar-refractivity contribution in [2.45, 2.75) is 58.4 Å². The number of rotatable bonds is 8. The summed E-state index contributed by atoms with van der Waals surface area (Å²) >= 11 is 0. The lowest BCUT2D eigenvalue weighted by Gasteiger charge is -2.25. The van der Waals surface area contributed by atoms with Gasteiger partial charge in [0, 0.05) is 6.04 Å². The van der Waals surface area contributed by atoms with E-state index in [-0.39, 0.29) is 23.4 Å². The Kier molecular flexibility index (Phi) is 7.24. The van der Waals surface area contributed by atoms with E-state index in [2.05, 4.69) is 5.32 Å². The number of aryl methyl sites for hydroxylation is 3. The number of nitrogens with one attached hydrogen (secondary N) is 1. The second-order valence-electron chi connectivity index (χ2n) is 7.35. The van der Waals surface area contributed by atoms with Crippen molar-refractivity contribution in [2.75, 3.05) is 10.8 Å². The second kappa shape index (κ2) is 9.24. The number of anilines is 1. The van der Waals surface area contributed by atoms with Gasteiger partial charge in [0.15, 0.2) is 0 Å². The third-order valence-electron chi connectivity index (χ3n) is 4.80. The molecule has 2 aromatic carbocycles. The molecular weight excluding hydrogens is 372 g/mol. The van der Waals surface area contributed by atoms with Crippen molar-refractivity contribution in [1.82, 2.24) is 5.32 Å². The van der Waals surface area contributed by atoms with Gasteiger partial charge >= 0.3 is 0 Å². The molecule has 6 heteroatoms. The average molecular weight is 403 g/mol. The highest BCUT2D eigenvalue weighted by atomic mass is 32.2. The van der Waals surface area contributed by atoms with E-state index in [1.54, 1.807) is 30.3 Å². The summed E-state index contributed by atoms with van der Waals surface area (Å²) in [5.74, 6) is -0.310. The summed E-state index contributed by atoms with van der Waals surface area (Å²) in [5, 5.41) is 2.89. The zero-order chi connectivity index (χ0) is 20.9. The zero-order valence-corrected chi connectivity index (χ0v) is 18.1. The molecule has 0 spiro atoms. The lowest BCUT2D eigenvalue weighted by Crippen LogP contribution is -2.43. The molecule has 0 aliphatic carbocycles. The largest absolute Gasteiger partial charge is 0.352 e. The molecule has 0 radical (unpaired) electrons. The van der Waals surface area contributed by atoms with Crippen molar-refractivity contribution in [3.05, 3.63) is 59.2 Å². The number of hydrogen-bond acceptors (Lipinski definition) is 3. The van der Waals surface area contributed by atoms with Crippen LogP contribution >= 0.6 is 0 Å². The number of carbonyl (C=O) groups excluding carboxylic acids is 1. The minimum atomic E-state index is -3.87. The van der Waals surface area contributed by atoms with Crippen LogP contribution in [0.1, 0.15) is 43.4 Å². The standard InChI is InChI=1S/C22H30N2O3S/c1-6-7-19(5)23-22(25)15-24(20-11-10-17(3)18(4)14-20)28(26,27)21-12-8-16(2)9-13-21/h8-14,19H,6-7,15H2,1-5H3,(H,23,25)/t19-/m0/s1. The van der Waals surface area contributed by atoms with Gasteiger partial charge in [-0.25, -0.2) is 8.42 Å². The zero-order valence-electron chi connectivity index (χ0n) is 17.3. The van der Waals surface area contributed by atoms with Crippen LogP contribution < -0.4 is 9.62 Å². The molecule has 1 atom stereocenters. The fraction of sp³-hybridized carbons (Fsp3) is 0.409. The van der Waals surface area contributed by atoms with Crippen molar-refractivity contribution in [3.63, 3.8) is 0 Å². The minimum absolute atomic E-state index is 0.00110. The highest BCUT2D eigenvalue weighted by Crippen LogP contribution is 2.26. The molecule has 0 aliphatic rings. The maximum atomic E-state index is 13.3. The highest BCUT2D eigenvalue weighted by Gasteiger charge is 2.27. The summed E-state index contributed by atoms with van der Waals surface area (Å²) in [6.07, 6.45) is 1.80. The van der Waals surface area contributed by atoms with Crippen LogP contribution in [0, 0.1) is 20.8 Å². The van der Waals surface area contributed by atoms with Crippen molar-refractivity contribution in [3.8, 4) is 0 Å². The maximum absolute atomic E-state index is 13.3. The predicted octanol–water partition coefficient (Wildman–Crippen LogP) is 4.11. The van der Waals surface area contributed by atoms with Crippen molar-refractivity contribution in [2.24, 2.45) is 0 Å². The smallest absolute Gasteiger partial charge is 0.264 e. The molecule has 2 aromatic rings. The fourth-order valence-electron chi connectivity index (χ4n) is 2.99. The Morgan fingerprint density at radius 2 is 1.68 bits per heavy atom. The normalized spacial score (nSPS) is 12.5. The molecule has 0 aliphatic heterocycles. The Bertz CT molecular complexity index is 921. The van der Waals surface area contributed by atoms with Crippen LogP contribution in [0.15, 0.2) is 47.4 Å². The number of sulfonamides is 1. The first kappa shape index (κ1) is 22.0. The van der Waals surface area contributed by atoms with E-state index in [1.807, 2.05) is 46.8 Å². The number of carbonyl (C=O) groups is 1. The highest BCUT2D eigenvalue weighted by molar-refractivity contribution is 7.92. The number of benzene rings is 2. The summed E-state index contributed by atoms with van der Waals surface area (Å²) in [7, 11) is -3.87. The Labute approximate surface area is 168 Å². The first-order valence-electron chi connectivity index (χ1n) is 9.61. The third-order valence-corrected chi connectivity index (χ3v) is 6.59. The summed E-state index contributed by atoms with van der Waals surface area (Å²) in [6.45, 7) is 9.52. The number of amides is 1. The molecule has 5 nitrogen and oxygen atoms in total. The topological polar surface area (TPSA) is 66.5 Å². The second-order valence-corrected chi connectivity index (χ2v) is 9.21. The van der Waals surface area contributed by atoms with Crippen molar-refractivity contribution < 1.29 is 13.2 Å². The van der Waals surface area contributed by atoms with Gasteiger partial charge in [-0.15, -0.1) is 0 Å². The van der Waals surface area contributed by atoms with E-state index < -0.39 is 10.0 Å². The fourth-order valence-corrected chi connectivity index (χ4v) is 4.40. The Hall–Kier alpha value is -2.34. The van der Waals surface area contributed by atoms with Gasteiger partial charge in [-0.3, -0.25) is 9.10 Å². The average Bonchev–Trinajstić information content (AvgIpc) is 2.62. The van der Waals surface area contributed by atoms with Crippen LogP contribution in [-0.4, -0.2) is 26.9 Å². The van der Waals surface area contributed by atoms with E-state index in [0.29, 0.717) is 5.69 Å². The molecule has 1 amide bonds. The van der Waals surface area contributed by atoms with Gasteiger partial charge in [0.25, 0.3) is 10.0 Å². The van der Waals surface area contributed by atoms with Gasteiger partial charge in [-0.2, -0.15) is 0 Å². The molecule has 0 unspecified atom stereocenters. The van der Waals surface area contributed by atoms with E-state index in [1.165, 1.54) is 4.31 Å². The first-order chi connectivity index (χ1) is 13.1. The van der Waals surface area contributed by atoms with Gasteiger partial charge in [-0.1, -0.05) is 37.1 Å². The minimum Gasteiger partial charge on any atom is -0.352 e. The van der Waals surface area contributed by atoms with E-state index >= 15 is 0 Å². The number of hydrogen-bond donors (Lipinski definition) is 1. The van der Waals surface area contributed by atoms with E-state index in [9.17, 15) is 13.2 Å². The molecule has 0 saturated heterocycles. The maximum Gasteiger partial charge on any atom is 0.264 e. The van der Waals surface area contributed by atoms with Crippen LogP contribution in [0.4, 0.5) is 5.69 Å². The molecule has 152 valence electrons. The monoisotopic (exact) mass is 402 g/mol. The van der Waals surface area contributed by atoms with Gasteiger partial charge < -0.3 is 5.32 Å². The Morgan fingerprint density at radius 3 is 2.25 bits per heavy atom. The number of nitrogens with zero attached hydrogens (tertiary/aromatic N) is 1. The summed E-state index contributed by atoms with van der Waals surface area (Å²) < 4.78 is 27.9. The first-order valence-corrected chi connectivity index (χ1v) is 11.0. The molecule has 0 saturated carbocycles. The van der Waals surface area contributed by atoms with Crippen LogP contribution in [0.2, 0.25) is 0 Å². The SMILES string of the molecule is CCC[C@H](C)NC(=O)CN(c1ccc(C)c(C)c1)S(=O)(=O)c1ccc(C)cc1. The van der Waals surface area contributed by atoms with E-state index in [0.717, 1.165) is 29.5 Å². The summed E-state index contributed by atoms with van der Waals surface area (Å²) in [6, 6.07) is 12.1. The van der Waals surface area contributed by atoms with Crippen LogP contribution in [0.5, 0.6) is 0 Å². The summed E-state index contributed by atoms with van der Waals surface area (Å²) in [4.78, 5) is 12.8. The molecule has 28 heavy (non-hydrogen) atoms. The van der Waals surface area contributed by atoms with Gasteiger partial charge in [0.05, 0.1) is 10.6 Å². The van der Waals surface area contributed by atoms with Gasteiger partial charge in [0.2, 0.25) is 5.91 Å². The van der Waals surface area contributed by atoms with Crippen molar-refractivity contribution in [1.29, 1.82) is 0 Å². The molecule has 2 rings (SSSR count). The Morgan fingerprint density at radius 1 is 1.04 bits per heavy atom. The quantitative estimate of drug-likeness (QED) is 0.722. The van der Waals surface area contributed by atoms with Crippen molar-refractivity contribution >= 4 is 21.6 Å². The third kappa shape index (κ3) is 5.35. The van der Waals surface area contributed by atoms with Gasteiger partial charge in [-0.05, 0) is 69.5 Å². The molecule has 0 aromatic heterocycles. The lowest BCUT2D eigenvalue weighted by molar-refractivity contribution is -0.120. The predicted molar refractivity (Wildman–Crippen MR) is 114 cm³/mol. The molecule has 0 heterocycles. The van der Waals surface area contributed by atoms with Crippen LogP contribution in [0.3, 0.4) is 0 Å². The van der Waals surface area contributed by atoms with Crippen LogP contribution in [0.25, 0.3) is 0 Å². The van der Waals surface area contributed by atoms with E-state index in [4.69, 9.17) is 0 Å². The lowest BCUT2D eigenvalue weighted by atomic mass is 10.1. The molecule has 1 N–H and O–H groups in total.